The fourth-order valence-corrected chi connectivity index (χ4v) is 2.35. The number of nitrogens with zero attached hydrogens (tertiary/aromatic N) is 2. The Kier molecular flexibility index (Phi) is 4.82. The van der Waals surface area contributed by atoms with Gasteiger partial charge in [0.25, 0.3) is 0 Å². The van der Waals surface area contributed by atoms with E-state index in [1.54, 1.807) is 0 Å². The Labute approximate surface area is 119 Å². The number of nitrogens with two attached hydrogens (primary N) is 1. The zero-order valence-electron chi connectivity index (χ0n) is 12.2. The van der Waals surface area contributed by atoms with E-state index in [0.29, 0.717) is 24.0 Å². The van der Waals surface area contributed by atoms with Crippen molar-refractivity contribution in [3.8, 4) is 5.88 Å². The van der Waals surface area contributed by atoms with E-state index in [2.05, 4.69) is 24.0 Å². The van der Waals surface area contributed by atoms with Gasteiger partial charge in [-0.05, 0) is 49.7 Å². The molecule has 0 atom stereocenters. The van der Waals surface area contributed by atoms with Crippen molar-refractivity contribution in [1.29, 1.82) is 0 Å². The van der Waals surface area contributed by atoms with E-state index in [9.17, 15) is 0 Å². The quantitative estimate of drug-likeness (QED) is 0.375. The zero-order valence-corrected chi connectivity index (χ0v) is 12.2. The minimum Gasteiger partial charge on any atom is -0.477 e. The number of hydrogen-bond donors (Lipinski definition) is 2. The average Bonchev–Trinajstić information content (AvgIpc) is 2.45. The van der Waals surface area contributed by atoms with Gasteiger partial charge in [-0.3, -0.25) is 0 Å². The summed E-state index contributed by atoms with van der Waals surface area (Å²) in [5.41, 5.74) is 8.61. The minimum absolute atomic E-state index is 0.0606. The lowest BCUT2D eigenvalue weighted by Gasteiger charge is -2.18. The van der Waals surface area contributed by atoms with Gasteiger partial charge in [-0.15, -0.1) is 0 Å². The number of pyridine rings is 1. The predicted molar refractivity (Wildman–Crippen MR) is 78.3 cm³/mol. The van der Waals surface area contributed by atoms with Gasteiger partial charge in [0.05, 0.1) is 12.2 Å². The Morgan fingerprint density at radius 1 is 1.45 bits per heavy atom. The maximum atomic E-state index is 8.91. The van der Waals surface area contributed by atoms with E-state index in [1.807, 2.05) is 6.07 Å². The Morgan fingerprint density at radius 2 is 2.20 bits per heavy atom. The maximum Gasteiger partial charge on any atom is 0.224 e. The van der Waals surface area contributed by atoms with E-state index >= 15 is 0 Å². The highest BCUT2D eigenvalue weighted by Gasteiger charge is 2.18. The van der Waals surface area contributed by atoms with E-state index in [0.717, 1.165) is 37.8 Å². The second-order valence-corrected chi connectivity index (χ2v) is 5.67. The number of rotatable bonds is 5. The van der Waals surface area contributed by atoms with Gasteiger partial charge in [-0.2, -0.15) is 0 Å². The number of ether oxygens (including phenoxy) is 1. The van der Waals surface area contributed by atoms with Crippen LogP contribution in [0.3, 0.4) is 0 Å². The highest BCUT2D eigenvalue weighted by atomic mass is 16.5. The molecule has 0 saturated carbocycles. The summed E-state index contributed by atoms with van der Waals surface area (Å²) >= 11 is 0. The van der Waals surface area contributed by atoms with Crippen LogP contribution in [0, 0.1) is 5.92 Å². The largest absolute Gasteiger partial charge is 0.477 e. The molecular formula is C15H23N3O2. The Morgan fingerprint density at radius 3 is 2.90 bits per heavy atom. The molecule has 1 aliphatic carbocycles. The van der Waals surface area contributed by atoms with Gasteiger partial charge in [-0.1, -0.05) is 19.0 Å². The van der Waals surface area contributed by atoms with Crippen LogP contribution in [-0.4, -0.2) is 22.6 Å². The fraction of sp³-hybridized carbons (Fsp3) is 0.600. The van der Waals surface area contributed by atoms with Crippen LogP contribution in [0.2, 0.25) is 0 Å². The third kappa shape index (κ3) is 3.40. The fourth-order valence-electron chi connectivity index (χ4n) is 2.35. The first-order valence-corrected chi connectivity index (χ1v) is 7.25. The zero-order chi connectivity index (χ0) is 14.5. The summed E-state index contributed by atoms with van der Waals surface area (Å²) in [6, 6.07) is 1.96. The van der Waals surface area contributed by atoms with Gasteiger partial charge < -0.3 is 15.7 Å². The lowest BCUT2D eigenvalue weighted by Crippen LogP contribution is -2.19. The SMILES string of the molecule is CC(C)CCOc1nc2c(cc1C(N)=NO)CCCC2. The molecule has 20 heavy (non-hydrogen) atoms. The summed E-state index contributed by atoms with van der Waals surface area (Å²) < 4.78 is 5.75. The number of hydrogen-bond acceptors (Lipinski definition) is 4. The van der Waals surface area contributed by atoms with E-state index in [1.165, 1.54) is 5.56 Å². The highest BCUT2D eigenvalue weighted by molar-refractivity contribution is 5.99. The molecule has 0 aromatic carbocycles. The first-order valence-electron chi connectivity index (χ1n) is 7.25. The van der Waals surface area contributed by atoms with Crippen LogP contribution in [-0.2, 0) is 12.8 Å². The number of aryl methyl sites for hydroxylation is 2. The van der Waals surface area contributed by atoms with Gasteiger partial charge in [0, 0.05) is 5.69 Å². The van der Waals surface area contributed by atoms with Gasteiger partial charge in [-0.25, -0.2) is 4.98 Å². The van der Waals surface area contributed by atoms with Crippen molar-refractivity contribution in [2.45, 2.75) is 46.0 Å². The molecule has 0 fully saturated rings. The molecule has 0 aliphatic heterocycles. The van der Waals surface area contributed by atoms with Crippen LogP contribution in [0.15, 0.2) is 11.2 Å². The van der Waals surface area contributed by atoms with Crippen LogP contribution in [0.1, 0.15) is 49.9 Å². The molecule has 1 heterocycles. The molecule has 2 rings (SSSR count). The topological polar surface area (TPSA) is 80.7 Å². The first kappa shape index (κ1) is 14.6. The molecule has 110 valence electrons. The van der Waals surface area contributed by atoms with Crippen molar-refractivity contribution >= 4 is 5.84 Å². The summed E-state index contributed by atoms with van der Waals surface area (Å²) in [6.07, 6.45) is 5.26. The summed E-state index contributed by atoms with van der Waals surface area (Å²) in [7, 11) is 0. The third-order valence-corrected chi connectivity index (χ3v) is 3.58. The van der Waals surface area contributed by atoms with E-state index < -0.39 is 0 Å². The Hall–Kier alpha value is -1.78. The third-order valence-electron chi connectivity index (χ3n) is 3.58. The molecule has 0 saturated heterocycles. The Balaban J connectivity index is 2.27. The van der Waals surface area contributed by atoms with Crippen molar-refractivity contribution in [3.05, 3.63) is 22.9 Å². The number of fused-ring (bicyclic) bond motifs is 1. The van der Waals surface area contributed by atoms with Crippen LogP contribution in [0.4, 0.5) is 0 Å². The maximum absolute atomic E-state index is 8.91. The molecule has 0 bridgehead atoms. The molecule has 0 radical (unpaired) electrons. The van der Waals surface area contributed by atoms with Gasteiger partial charge in [0.2, 0.25) is 5.88 Å². The molecule has 0 unspecified atom stereocenters. The summed E-state index contributed by atoms with van der Waals surface area (Å²) in [5, 5.41) is 12.0. The molecule has 3 N–H and O–H groups in total. The first-order chi connectivity index (χ1) is 9.61. The highest BCUT2D eigenvalue weighted by Crippen LogP contribution is 2.26. The van der Waals surface area contributed by atoms with Crippen LogP contribution < -0.4 is 10.5 Å². The van der Waals surface area contributed by atoms with Crippen LogP contribution in [0.25, 0.3) is 0 Å². The average molecular weight is 277 g/mol. The molecule has 0 amide bonds. The van der Waals surface area contributed by atoms with Crippen LogP contribution >= 0.6 is 0 Å². The minimum atomic E-state index is 0.0606. The summed E-state index contributed by atoms with van der Waals surface area (Å²) in [4.78, 5) is 4.58. The molecule has 1 aromatic rings. The molecular weight excluding hydrogens is 254 g/mol. The van der Waals surface area contributed by atoms with E-state index in [-0.39, 0.29) is 5.84 Å². The van der Waals surface area contributed by atoms with Crippen molar-refractivity contribution in [1.82, 2.24) is 4.98 Å². The van der Waals surface area contributed by atoms with E-state index in [4.69, 9.17) is 15.7 Å². The van der Waals surface area contributed by atoms with Crippen molar-refractivity contribution in [3.63, 3.8) is 0 Å². The van der Waals surface area contributed by atoms with Gasteiger partial charge >= 0.3 is 0 Å². The predicted octanol–water partition coefficient (Wildman–Crippen LogP) is 2.48. The summed E-state index contributed by atoms with van der Waals surface area (Å²) in [6.45, 7) is 4.89. The molecule has 0 spiro atoms. The van der Waals surface area contributed by atoms with Crippen molar-refractivity contribution in [2.75, 3.05) is 6.61 Å². The molecule has 1 aromatic heterocycles. The molecule has 5 heteroatoms. The lowest BCUT2D eigenvalue weighted by molar-refractivity contribution is 0.277. The summed E-state index contributed by atoms with van der Waals surface area (Å²) in [5.74, 6) is 1.12. The normalized spacial score (nSPS) is 15.2. The number of amidine groups is 1. The standard InChI is InChI=1S/C15H23N3O2/c1-10(2)7-8-20-15-12(14(16)18-19)9-11-5-3-4-6-13(11)17-15/h9-10,19H,3-8H2,1-2H3,(H2,16,18). The van der Waals surface area contributed by atoms with Gasteiger partial charge in [0.1, 0.15) is 0 Å². The molecule has 1 aliphatic rings. The smallest absolute Gasteiger partial charge is 0.224 e. The number of aromatic nitrogens is 1. The monoisotopic (exact) mass is 277 g/mol. The second kappa shape index (κ2) is 6.59. The van der Waals surface area contributed by atoms with Gasteiger partial charge in [0.15, 0.2) is 5.84 Å². The Bertz CT molecular complexity index is 498. The molecule has 5 nitrogen and oxygen atoms in total. The second-order valence-electron chi connectivity index (χ2n) is 5.67. The number of oxime groups is 1. The van der Waals surface area contributed by atoms with Crippen LogP contribution in [0.5, 0.6) is 5.88 Å². The van der Waals surface area contributed by atoms with Crippen molar-refractivity contribution < 1.29 is 9.94 Å². The van der Waals surface area contributed by atoms with Crippen molar-refractivity contribution in [2.24, 2.45) is 16.8 Å². The lowest BCUT2D eigenvalue weighted by atomic mass is 9.95.